The van der Waals surface area contributed by atoms with Crippen LogP contribution in [-0.4, -0.2) is 35.7 Å². The van der Waals surface area contributed by atoms with E-state index in [1.165, 1.54) is 6.07 Å². The lowest BCUT2D eigenvalue weighted by Crippen LogP contribution is -2.36. The lowest BCUT2D eigenvalue weighted by atomic mass is 9.88. The molecule has 2 fully saturated rings. The number of nitro benzene ring substituents is 1. The number of amides is 1. The molecule has 0 spiro atoms. The van der Waals surface area contributed by atoms with Crippen LogP contribution in [0.15, 0.2) is 42.5 Å². The van der Waals surface area contributed by atoms with Crippen molar-refractivity contribution in [1.82, 2.24) is 5.32 Å². The Morgan fingerprint density at radius 1 is 1.00 bits per heavy atom. The first kappa shape index (κ1) is 20.1. The van der Waals surface area contributed by atoms with Crippen LogP contribution in [0.25, 0.3) is 0 Å². The van der Waals surface area contributed by atoms with Crippen molar-refractivity contribution in [3.05, 3.63) is 69.3 Å². The number of nitrogens with one attached hydrogen (secondary N) is 1. The Balaban J connectivity index is 1.45. The van der Waals surface area contributed by atoms with Crippen LogP contribution in [0.1, 0.15) is 52.0 Å². The molecule has 156 valence electrons. The molecule has 1 amide bonds. The molecular formula is C23H25N3O4. The molecule has 1 aliphatic carbocycles. The standard InChI is InChI=1S/C23H25N3O4/c1-15-2-4-16(5-3-15)22(27)17-10-12-25(13-11-17)20-9-6-18(14-21(20)26(29)30)23(28)24-19-7-8-19/h2-6,9,14,17,19H,7-8,10-13H2,1H3,(H,24,28). The molecule has 1 N–H and O–H groups in total. The van der Waals surface area contributed by atoms with Crippen LogP contribution in [0.4, 0.5) is 11.4 Å². The number of hydrogen-bond acceptors (Lipinski definition) is 5. The minimum atomic E-state index is -0.438. The Morgan fingerprint density at radius 3 is 2.23 bits per heavy atom. The molecule has 1 heterocycles. The van der Waals surface area contributed by atoms with E-state index in [2.05, 4.69) is 5.32 Å². The van der Waals surface area contributed by atoms with Gasteiger partial charge in [-0.05, 0) is 44.7 Å². The van der Waals surface area contributed by atoms with E-state index in [9.17, 15) is 19.7 Å². The van der Waals surface area contributed by atoms with Crippen LogP contribution < -0.4 is 10.2 Å². The van der Waals surface area contributed by atoms with Gasteiger partial charge < -0.3 is 10.2 Å². The molecule has 0 unspecified atom stereocenters. The number of ketones is 1. The molecule has 7 nitrogen and oxygen atoms in total. The topological polar surface area (TPSA) is 92.6 Å². The molecular weight excluding hydrogens is 382 g/mol. The number of carbonyl (C=O) groups is 2. The lowest BCUT2D eigenvalue weighted by molar-refractivity contribution is -0.384. The largest absolute Gasteiger partial charge is 0.366 e. The molecule has 7 heteroatoms. The number of piperidine rings is 1. The zero-order chi connectivity index (χ0) is 21.3. The average Bonchev–Trinajstić information content (AvgIpc) is 3.57. The molecule has 30 heavy (non-hydrogen) atoms. The summed E-state index contributed by atoms with van der Waals surface area (Å²) in [7, 11) is 0. The van der Waals surface area contributed by atoms with E-state index in [1.54, 1.807) is 12.1 Å². The van der Waals surface area contributed by atoms with Gasteiger partial charge in [0.05, 0.1) is 4.92 Å². The predicted octanol–water partition coefficient (Wildman–Crippen LogP) is 3.89. The lowest BCUT2D eigenvalue weighted by Gasteiger charge is -2.32. The summed E-state index contributed by atoms with van der Waals surface area (Å²) in [4.78, 5) is 38.2. The smallest absolute Gasteiger partial charge is 0.293 e. The fourth-order valence-corrected chi connectivity index (χ4v) is 3.91. The highest BCUT2D eigenvalue weighted by atomic mass is 16.6. The summed E-state index contributed by atoms with van der Waals surface area (Å²) in [6.45, 7) is 3.12. The summed E-state index contributed by atoms with van der Waals surface area (Å²) in [6, 6.07) is 12.4. The Labute approximate surface area is 175 Å². The third-order valence-corrected chi connectivity index (χ3v) is 5.89. The van der Waals surface area contributed by atoms with Gasteiger partial charge >= 0.3 is 0 Å². The molecule has 0 bridgehead atoms. The second kappa shape index (κ2) is 8.26. The van der Waals surface area contributed by atoms with E-state index < -0.39 is 4.92 Å². The van der Waals surface area contributed by atoms with Crippen molar-refractivity contribution in [2.75, 3.05) is 18.0 Å². The number of aryl methyl sites for hydroxylation is 1. The van der Waals surface area contributed by atoms with Crippen molar-refractivity contribution in [3.8, 4) is 0 Å². The van der Waals surface area contributed by atoms with Crippen LogP contribution in [0.2, 0.25) is 0 Å². The summed E-state index contributed by atoms with van der Waals surface area (Å²) in [5, 5.41) is 14.5. The summed E-state index contributed by atoms with van der Waals surface area (Å²) < 4.78 is 0. The first-order chi connectivity index (χ1) is 14.4. The third-order valence-electron chi connectivity index (χ3n) is 5.89. The van der Waals surface area contributed by atoms with Crippen molar-refractivity contribution in [3.63, 3.8) is 0 Å². The Morgan fingerprint density at radius 2 is 1.63 bits per heavy atom. The van der Waals surface area contributed by atoms with Gasteiger partial charge in [0.15, 0.2) is 5.78 Å². The highest BCUT2D eigenvalue weighted by Crippen LogP contribution is 2.33. The fraction of sp³-hybridized carbons (Fsp3) is 0.391. The van der Waals surface area contributed by atoms with Gasteiger partial charge in [0, 0.05) is 42.2 Å². The number of carbonyl (C=O) groups excluding carboxylic acids is 2. The highest BCUT2D eigenvalue weighted by Gasteiger charge is 2.30. The number of benzene rings is 2. The van der Waals surface area contributed by atoms with Crippen molar-refractivity contribution >= 4 is 23.1 Å². The first-order valence-corrected chi connectivity index (χ1v) is 10.4. The van der Waals surface area contributed by atoms with Gasteiger partial charge in [0.25, 0.3) is 11.6 Å². The monoisotopic (exact) mass is 407 g/mol. The molecule has 4 rings (SSSR count). The summed E-state index contributed by atoms with van der Waals surface area (Å²) in [5.41, 5.74) is 2.58. The minimum Gasteiger partial charge on any atom is -0.366 e. The molecule has 0 aromatic heterocycles. The van der Waals surface area contributed by atoms with E-state index in [-0.39, 0.29) is 29.3 Å². The third kappa shape index (κ3) is 4.35. The van der Waals surface area contributed by atoms with Crippen molar-refractivity contribution in [2.45, 2.75) is 38.6 Å². The Hall–Kier alpha value is -3.22. The van der Waals surface area contributed by atoms with Gasteiger partial charge in [0.2, 0.25) is 0 Å². The summed E-state index contributed by atoms with van der Waals surface area (Å²) in [5.74, 6) is -0.211. The quantitative estimate of drug-likeness (QED) is 0.445. The van der Waals surface area contributed by atoms with Crippen LogP contribution in [0.3, 0.4) is 0 Å². The van der Waals surface area contributed by atoms with Crippen LogP contribution in [-0.2, 0) is 0 Å². The number of Topliss-reactive ketones (excluding diaryl/α,β-unsaturated/α-hetero) is 1. The number of rotatable bonds is 6. The van der Waals surface area contributed by atoms with Gasteiger partial charge in [-0.2, -0.15) is 0 Å². The maximum atomic E-state index is 12.8. The molecule has 0 atom stereocenters. The maximum absolute atomic E-state index is 12.8. The van der Waals surface area contributed by atoms with Crippen molar-refractivity contribution in [2.24, 2.45) is 5.92 Å². The number of nitrogens with zero attached hydrogens (tertiary/aromatic N) is 2. The summed E-state index contributed by atoms with van der Waals surface area (Å²) in [6.07, 6.45) is 3.21. The zero-order valence-corrected chi connectivity index (χ0v) is 17.0. The first-order valence-electron chi connectivity index (χ1n) is 10.4. The van der Waals surface area contributed by atoms with Gasteiger partial charge in [-0.1, -0.05) is 29.8 Å². The van der Waals surface area contributed by atoms with Crippen LogP contribution >= 0.6 is 0 Å². The van der Waals surface area contributed by atoms with Gasteiger partial charge in [0.1, 0.15) is 5.69 Å². The van der Waals surface area contributed by atoms with Crippen LogP contribution in [0.5, 0.6) is 0 Å². The molecule has 2 aromatic carbocycles. The molecule has 1 saturated heterocycles. The van der Waals surface area contributed by atoms with E-state index in [0.29, 0.717) is 37.2 Å². The Kier molecular flexibility index (Phi) is 5.53. The number of anilines is 1. The number of hydrogen-bond donors (Lipinski definition) is 1. The van der Waals surface area contributed by atoms with E-state index >= 15 is 0 Å². The second-order valence-electron chi connectivity index (χ2n) is 8.20. The van der Waals surface area contributed by atoms with Gasteiger partial charge in [-0.25, -0.2) is 0 Å². The maximum Gasteiger partial charge on any atom is 0.293 e. The highest BCUT2D eigenvalue weighted by molar-refractivity contribution is 5.98. The summed E-state index contributed by atoms with van der Waals surface area (Å²) >= 11 is 0. The predicted molar refractivity (Wildman–Crippen MR) is 114 cm³/mol. The normalized spacial score (nSPS) is 16.9. The molecule has 2 aromatic rings. The van der Waals surface area contributed by atoms with Gasteiger partial charge in [-0.15, -0.1) is 0 Å². The molecule has 1 aliphatic heterocycles. The van der Waals surface area contributed by atoms with Gasteiger partial charge in [-0.3, -0.25) is 19.7 Å². The zero-order valence-electron chi connectivity index (χ0n) is 17.0. The molecule has 1 saturated carbocycles. The van der Waals surface area contributed by atoms with Crippen molar-refractivity contribution in [1.29, 1.82) is 0 Å². The second-order valence-corrected chi connectivity index (χ2v) is 8.20. The van der Waals surface area contributed by atoms with E-state index in [0.717, 1.165) is 24.0 Å². The van der Waals surface area contributed by atoms with E-state index in [1.807, 2.05) is 36.1 Å². The van der Waals surface area contributed by atoms with E-state index in [4.69, 9.17) is 0 Å². The molecule has 0 radical (unpaired) electrons. The fourth-order valence-electron chi connectivity index (χ4n) is 3.91. The average molecular weight is 407 g/mol. The van der Waals surface area contributed by atoms with Crippen molar-refractivity contribution < 1.29 is 14.5 Å². The minimum absolute atomic E-state index is 0.0678. The molecule has 2 aliphatic rings. The SMILES string of the molecule is Cc1ccc(C(=O)C2CCN(c3ccc(C(=O)NC4CC4)cc3[N+](=O)[O-])CC2)cc1. The van der Waals surface area contributed by atoms with Crippen LogP contribution in [0, 0.1) is 23.0 Å². The Bertz CT molecular complexity index is 974. The number of nitro groups is 1.